The van der Waals surface area contributed by atoms with E-state index in [1.54, 1.807) is 0 Å². The van der Waals surface area contributed by atoms with E-state index in [0.717, 1.165) is 0 Å². The number of nitrogens with two attached hydrogens (primary N) is 1. The molecule has 0 heterocycles. The van der Waals surface area contributed by atoms with Crippen molar-refractivity contribution >= 4 is 5.91 Å². The van der Waals surface area contributed by atoms with Crippen molar-refractivity contribution in [1.82, 2.24) is 5.32 Å². The zero-order chi connectivity index (χ0) is 14.6. The summed E-state index contributed by atoms with van der Waals surface area (Å²) in [7, 11) is 0. The smallest absolute Gasteiger partial charge is 0.219 e. The van der Waals surface area contributed by atoms with Crippen molar-refractivity contribution in [2.75, 3.05) is 39.5 Å². The molecule has 0 aromatic heterocycles. The van der Waals surface area contributed by atoms with Crippen LogP contribution in [0.15, 0.2) is 0 Å². The first-order chi connectivity index (χ1) is 8.81. The molecule has 0 aromatic rings. The number of amides is 1. The minimum atomic E-state index is 0. The molecule has 0 saturated heterocycles. The number of carbonyl (C=O) groups excluding carboxylic acids is 1. The van der Waals surface area contributed by atoms with Crippen LogP contribution in [0.1, 0.15) is 43.9 Å². The summed E-state index contributed by atoms with van der Waals surface area (Å²) in [6.45, 7) is 13.1. The normalized spacial score (nSPS) is 8.56. The van der Waals surface area contributed by atoms with Crippen molar-refractivity contribution in [3.05, 3.63) is 0 Å². The Morgan fingerprint density at radius 3 is 2.00 bits per heavy atom. The molecule has 0 saturated carbocycles. The second-order valence-electron chi connectivity index (χ2n) is 2.72. The van der Waals surface area contributed by atoms with Gasteiger partial charge in [-0.2, -0.15) is 0 Å². The second kappa shape index (κ2) is 25.3. The topological polar surface area (TPSA) is 73.6 Å². The third kappa shape index (κ3) is 24.5. The fourth-order valence-corrected chi connectivity index (χ4v) is 0.793. The molecule has 0 aliphatic carbocycles. The van der Waals surface area contributed by atoms with Crippen LogP contribution >= 0.6 is 0 Å². The Morgan fingerprint density at radius 2 is 1.56 bits per heavy atom. The maximum absolute atomic E-state index is 10.8. The molecular weight excluding hydrogens is 232 g/mol. The van der Waals surface area contributed by atoms with Gasteiger partial charge in [0.15, 0.2) is 0 Å². The van der Waals surface area contributed by atoms with Gasteiger partial charge in [-0.15, -0.1) is 0 Å². The Kier molecular flexibility index (Phi) is 31.6. The van der Waals surface area contributed by atoms with E-state index in [9.17, 15) is 4.79 Å². The van der Waals surface area contributed by atoms with Gasteiger partial charge in [-0.1, -0.05) is 34.6 Å². The lowest BCUT2D eigenvalue weighted by molar-refractivity contribution is -0.121. The fourth-order valence-electron chi connectivity index (χ4n) is 0.793. The van der Waals surface area contributed by atoms with Gasteiger partial charge in [0.2, 0.25) is 5.91 Å². The number of nitrogens with one attached hydrogen (secondary N) is 1. The monoisotopic (exact) mass is 268 g/mol. The second-order valence-corrected chi connectivity index (χ2v) is 2.72. The third-order valence-electron chi connectivity index (χ3n) is 1.52. The van der Waals surface area contributed by atoms with Crippen LogP contribution in [-0.2, 0) is 14.3 Å². The molecule has 116 valence electrons. The summed E-state index contributed by atoms with van der Waals surface area (Å²) >= 11 is 0. The highest BCUT2D eigenvalue weighted by Crippen LogP contribution is 1.78. The van der Waals surface area contributed by atoms with Crippen LogP contribution in [0, 0.1) is 0 Å². The summed E-state index contributed by atoms with van der Waals surface area (Å²) in [5.41, 5.74) is 5.23. The van der Waals surface area contributed by atoms with Gasteiger partial charge in [-0.3, -0.25) is 4.79 Å². The van der Waals surface area contributed by atoms with Crippen LogP contribution in [0.25, 0.3) is 0 Å². The van der Waals surface area contributed by atoms with E-state index in [1.807, 2.05) is 34.6 Å². The molecular formula is C13H36N2O3. The average molecular weight is 268 g/mol. The molecule has 0 spiro atoms. The zero-order valence-electron chi connectivity index (χ0n) is 12.8. The van der Waals surface area contributed by atoms with Gasteiger partial charge in [-0.05, 0) is 0 Å². The molecule has 5 nitrogen and oxygen atoms in total. The molecule has 0 atom stereocenters. The van der Waals surface area contributed by atoms with Crippen molar-refractivity contribution < 1.29 is 17.1 Å². The van der Waals surface area contributed by atoms with Crippen molar-refractivity contribution in [3.63, 3.8) is 0 Å². The third-order valence-corrected chi connectivity index (χ3v) is 1.52. The average Bonchev–Trinajstić information content (AvgIpc) is 2.45. The Hall–Kier alpha value is -0.650. The fraction of sp³-hybridized carbons (Fsp3) is 0.923. The first-order valence-corrected chi connectivity index (χ1v) is 6.93. The van der Waals surface area contributed by atoms with Crippen molar-refractivity contribution in [3.8, 4) is 0 Å². The van der Waals surface area contributed by atoms with Crippen LogP contribution in [0.2, 0.25) is 0 Å². The van der Waals surface area contributed by atoms with E-state index in [4.69, 9.17) is 15.2 Å². The number of rotatable bonds is 9. The van der Waals surface area contributed by atoms with Crippen LogP contribution in [0.3, 0.4) is 0 Å². The predicted octanol–water partition coefficient (Wildman–Crippen LogP) is 2.05. The molecule has 3 N–H and O–H groups in total. The molecule has 0 unspecified atom stereocenters. The standard InChI is InChI=1S/C9H20N2O3.2C2H6.2H2/c1-2-9(12)11-4-6-14-8-7-13-5-3-10;2*1-2;;/h2-8,10H2,1H3,(H,11,12);2*1-2H3;2*1H. The highest BCUT2D eigenvalue weighted by Gasteiger charge is 1.94. The van der Waals surface area contributed by atoms with E-state index in [2.05, 4.69) is 5.32 Å². The summed E-state index contributed by atoms with van der Waals surface area (Å²) in [6, 6.07) is 0. The summed E-state index contributed by atoms with van der Waals surface area (Å²) in [6.07, 6.45) is 0.514. The minimum Gasteiger partial charge on any atom is -0.378 e. The van der Waals surface area contributed by atoms with Gasteiger partial charge in [0.1, 0.15) is 0 Å². The first kappa shape index (κ1) is 22.5. The van der Waals surface area contributed by atoms with Crippen LogP contribution in [-0.4, -0.2) is 45.4 Å². The molecule has 0 rings (SSSR count). The van der Waals surface area contributed by atoms with Crippen LogP contribution in [0.5, 0.6) is 0 Å². The van der Waals surface area contributed by atoms with Gasteiger partial charge in [-0.25, -0.2) is 0 Å². The quantitative estimate of drug-likeness (QED) is 0.628. The molecule has 0 radical (unpaired) electrons. The maximum Gasteiger partial charge on any atom is 0.219 e. The highest BCUT2D eigenvalue weighted by atomic mass is 16.5. The summed E-state index contributed by atoms with van der Waals surface area (Å²) < 4.78 is 10.3. The Balaban J connectivity index is -0.000000114. The van der Waals surface area contributed by atoms with Gasteiger partial charge in [0.05, 0.1) is 26.4 Å². The van der Waals surface area contributed by atoms with Crippen molar-refractivity contribution in [1.29, 1.82) is 0 Å². The highest BCUT2D eigenvalue weighted by molar-refractivity contribution is 5.75. The predicted molar refractivity (Wildman–Crippen MR) is 80.9 cm³/mol. The van der Waals surface area contributed by atoms with E-state index < -0.39 is 0 Å². The van der Waals surface area contributed by atoms with Crippen molar-refractivity contribution in [2.24, 2.45) is 5.73 Å². The summed E-state index contributed by atoms with van der Waals surface area (Å²) in [5.74, 6) is 0.0491. The Bertz CT molecular complexity index is 154. The lowest BCUT2D eigenvalue weighted by Gasteiger charge is -2.05. The Morgan fingerprint density at radius 1 is 1.06 bits per heavy atom. The largest absolute Gasteiger partial charge is 0.378 e. The SMILES string of the molecule is CC.CC.CCC(=O)NCCOCCOCCN.[HH].[HH]. The molecule has 0 aliphatic rings. The zero-order valence-corrected chi connectivity index (χ0v) is 12.8. The molecule has 0 aliphatic heterocycles. The maximum atomic E-state index is 10.8. The van der Waals surface area contributed by atoms with Gasteiger partial charge >= 0.3 is 0 Å². The van der Waals surface area contributed by atoms with Crippen LogP contribution < -0.4 is 11.1 Å². The molecule has 18 heavy (non-hydrogen) atoms. The van der Waals surface area contributed by atoms with Gasteiger partial charge in [0, 0.05) is 22.4 Å². The molecule has 1 amide bonds. The summed E-state index contributed by atoms with van der Waals surface area (Å²) in [4.78, 5) is 10.8. The number of hydrogen-bond donors (Lipinski definition) is 2. The van der Waals surface area contributed by atoms with E-state index in [0.29, 0.717) is 45.9 Å². The van der Waals surface area contributed by atoms with E-state index in [1.165, 1.54) is 0 Å². The Labute approximate surface area is 115 Å². The van der Waals surface area contributed by atoms with E-state index >= 15 is 0 Å². The summed E-state index contributed by atoms with van der Waals surface area (Å²) in [5, 5.41) is 2.71. The van der Waals surface area contributed by atoms with Gasteiger partial charge < -0.3 is 20.5 Å². The molecule has 0 aromatic carbocycles. The van der Waals surface area contributed by atoms with Crippen LogP contribution in [0.4, 0.5) is 0 Å². The lowest BCUT2D eigenvalue weighted by atomic mass is 10.4. The van der Waals surface area contributed by atoms with E-state index in [-0.39, 0.29) is 8.76 Å². The number of carbonyl (C=O) groups is 1. The molecule has 0 fully saturated rings. The lowest BCUT2D eigenvalue weighted by Crippen LogP contribution is -2.26. The van der Waals surface area contributed by atoms with Crippen molar-refractivity contribution in [2.45, 2.75) is 41.0 Å². The molecule has 0 bridgehead atoms. The number of hydrogen-bond acceptors (Lipinski definition) is 4. The minimum absolute atomic E-state index is 0. The number of ether oxygens (including phenoxy) is 2. The first-order valence-electron chi connectivity index (χ1n) is 6.93. The van der Waals surface area contributed by atoms with Gasteiger partial charge in [0.25, 0.3) is 0 Å². The molecule has 5 heteroatoms.